The van der Waals surface area contributed by atoms with Crippen LogP contribution in [0.15, 0.2) is 18.3 Å². The van der Waals surface area contributed by atoms with E-state index < -0.39 is 11.4 Å². The fraction of sp³-hybridized carbons (Fsp3) is 0.600. The molecule has 1 heterocycles. The van der Waals surface area contributed by atoms with Gasteiger partial charge in [-0.1, -0.05) is 13.8 Å². The molecule has 1 unspecified atom stereocenters. The van der Waals surface area contributed by atoms with Crippen molar-refractivity contribution in [2.75, 3.05) is 6.54 Å². The number of hydrogen-bond donors (Lipinski definition) is 2. The number of carboxylic acids is 1. The molecule has 0 aromatic carbocycles. The van der Waals surface area contributed by atoms with Crippen molar-refractivity contribution in [3.05, 3.63) is 29.6 Å². The molecule has 0 saturated carbocycles. The molecule has 1 atom stereocenters. The summed E-state index contributed by atoms with van der Waals surface area (Å²) in [5, 5.41) is 12.7. The van der Waals surface area contributed by atoms with E-state index in [0.29, 0.717) is 19.4 Å². The lowest BCUT2D eigenvalue weighted by molar-refractivity contribution is -0.149. The standard InChI is InChI=1S/C15H24N2O2/c1-5-15(6-2,14(18)19)10-17-12(4)13-9-11(3)7-8-16-13/h7-9,12,17H,5-6,10H2,1-4H3,(H,18,19). The Kier molecular flexibility index (Phi) is 5.48. The average molecular weight is 264 g/mol. The van der Waals surface area contributed by atoms with Crippen LogP contribution in [0, 0.1) is 12.3 Å². The van der Waals surface area contributed by atoms with Crippen molar-refractivity contribution in [3.8, 4) is 0 Å². The summed E-state index contributed by atoms with van der Waals surface area (Å²) in [5.41, 5.74) is 1.43. The first-order valence-corrected chi connectivity index (χ1v) is 6.84. The second kappa shape index (κ2) is 6.66. The predicted molar refractivity (Wildman–Crippen MR) is 76.0 cm³/mol. The minimum absolute atomic E-state index is 0.0525. The zero-order valence-electron chi connectivity index (χ0n) is 12.2. The quantitative estimate of drug-likeness (QED) is 0.795. The van der Waals surface area contributed by atoms with Crippen molar-refractivity contribution in [2.24, 2.45) is 5.41 Å². The molecule has 0 aliphatic heterocycles. The zero-order chi connectivity index (χ0) is 14.5. The average Bonchev–Trinajstić information content (AvgIpc) is 2.40. The second-order valence-electron chi connectivity index (χ2n) is 5.15. The summed E-state index contributed by atoms with van der Waals surface area (Å²) in [7, 11) is 0. The number of hydrogen-bond acceptors (Lipinski definition) is 3. The Hall–Kier alpha value is -1.42. The van der Waals surface area contributed by atoms with Crippen LogP contribution in [0.1, 0.15) is 50.9 Å². The number of aryl methyl sites for hydroxylation is 1. The largest absolute Gasteiger partial charge is 0.481 e. The molecule has 1 rings (SSSR count). The van der Waals surface area contributed by atoms with Crippen molar-refractivity contribution >= 4 is 5.97 Å². The Morgan fingerprint density at radius 2 is 2.11 bits per heavy atom. The van der Waals surface area contributed by atoms with Crippen LogP contribution in [-0.4, -0.2) is 22.6 Å². The molecule has 1 aromatic rings. The van der Waals surface area contributed by atoms with E-state index in [1.165, 1.54) is 0 Å². The van der Waals surface area contributed by atoms with Gasteiger partial charge < -0.3 is 10.4 Å². The van der Waals surface area contributed by atoms with E-state index in [9.17, 15) is 9.90 Å². The number of rotatable bonds is 7. The van der Waals surface area contributed by atoms with Crippen LogP contribution in [0.4, 0.5) is 0 Å². The number of nitrogens with one attached hydrogen (secondary N) is 1. The molecule has 0 amide bonds. The Labute approximate surface area is 115 Å². The third-order valence-electron chi connectivity index (χ3n) is 3.93. The molecule has 0 aliphatic carbocycles. The number of carbonyl (C=O) groups is 1. The van der Waals surface area contributed by atoms with Gasteiger partial charge in [0.2, 0.25) is 0 Å². The van der Waals surface area contributed by atoms with Crippen molar-refractivity contribution < 1.29 is 9.90 Å². The second-order valence-corrected chi connectivity index (χ2v) is 5.15. The summed E-state index contributed by atoms with van der Waals surface area (Å²) in [6, 6.07) is 4.03. The van der Waals surface area contributed by atoms with Gasteiger partial charge in [-0.15, -0.1) is 0 Å². The minimum atomic E-state index is -0.727. The van der Waals surface area contributed by atoms with Gasteiger partial charge in [0.05, 0.1) is 11.1 Å². The van der Waals surface area contributed by atoms with Crippen molar-refractivity contribution in [1.82, 2.24) is 10.3 Å². The van der Waals surface area contributed by atoms with Crippen LogP contribution in [0.2, 0.25) is 0 Å². The van der Waals surface area contributed by atoms with E-state index in [1.54, 1.807) is 6.20 Å². The van der Waals surface area contributed by atoms with Gasteiger partial charge in [-0.05, 0) is 44.4 Å². The normalized spacial score (nSPS) is 13.3. The highest BCUT2D eigenvalue weighted by Gasteiger charge is 2.34. The molecule has 0 aliphatic rings. The summed E-state index contributed by atoms with van der Waals surface area (Å²) < 4.78 is 0. The Bertz CT molecular complexity index is 428. The van der Waals surface area contributed by atoms with E-state index in [1.807, 2.05) is 39.8 Å². The van der Waals surface area contributed by atoms with Crippen LogP contribution >= 0.6 is 0 Å². The molecule has 0 saturated heterocycles. The number of pyridine rings is 1. The van der Waals surface area contributed by atoms with E-state index in [4.69, 9.17) is 0 Å². The monoisotopic (exact) mass is 264 g/mol. The lowest BCUT2D eigenvalue weighted by Gasteiger charge is -2.28. The van der Waals surface area contributed by atoms with Gasteiger partial charge in [-0.2, -0.15) is 0 Å². The molecular formula is C15H24N2O2. The van der Waals surface area contributed by atoms with Gasteiger partial charge in [0, 0.05) is 18.8 Å². The molecular weight excluding hydrogens is 240 g/mol. The van der Waals surface area contributed by atoms with Gasteiger partial charge in [0.1, 0.15) is 0 Å². The summed E-state index contributed by atoms with van der Waals surface area (Å²) in [6.07, 6.45) is 3.03. The molecule has 0 spiro atoms. The molecule has 0 bridgehead atoms. The maximum Gasteiger partial charge on any atom is 0.310 e. The number of carboxylic acid groups (broad SMARTS) is 1. The third-order valence-corrected chi connectivity index (χ3v) is 3.93. The van der Waals surface area contributed by atoms with Crippen LogP contribution in [0.3, 0.4) is 0 Å². The first kappa shape index (κ1) is 15.6. The molecule has 106 valence electrons. The topological polar surface area (TPSA) is 62.2 Å². The van der Waals surface area contributed by atoms with Crippen molar-refractivity contribution in [1.29, 1.82) is 0 Å². The van der Waals surface area contributed by atoms with Crippen LogP contribution < -0.4 is 5.32 Å². The van der Waals surface area contributed by atoms with E-state index in [2.05, 4.69) is 10.3 Å². The highest BCUT2D eigenvalue weighted by molar-refractivity contribution is 5.74. The summed E-state index contributed by atoms with van der Waals surface area (Å²) in [5.74, 6) is -0.727. The smallest absolute Gasteiger partial charge is 0.310 e. The van der Waals surface area contributed by atoms with Crippen LogP contribution in [0.25, 0.3) is 0 Å². The molecule has 0 radical (unpaired) electrons. The highest BCUT2D eigenvalue weighted by Crippen LogP contribution is 2.26. The lowest BCUT2D eigenvalue weighted by Crippen LogP contribution is -2.41. The van der Waals surface area contributed by atoms with Crippen molar-refractivity contribution in [2.45, 2.75) is 46.6 Å². The van der Waals surface area contributed by atoms with Crippen molar-refractivity contribution in [3.63, 3.8) is 0 Å². The van der Waals surface area contributed by atoms with E-state index in [-0.39, 0.29) is 6.04 Å². The van der Waals surface area contributed by atoms with Gasteiger partial charge in [-0.3, -0.25) is 9.78 Å². The van der Waals surface area contributed by atoms with Gasteiger partial charge in [0.25, 0.3) is 0 Å². The number of aromatic nitrogens is 1. The summed E-state index contributed by atoms with van der Waals surface area (Å²) in [4.78, 5) is 15.8. The third kappa shape index (κ3) is 3.77. The Morgan fingerprint density at radius 3 is 2.58 bits per heavy atom. The van der Waals surface area contributed by atoms with Gasteiger partial charge in [-0.25, -0.2) is 0 Å². The van der Waals surface area contributed by atoms with E-state index >= 15 is 0 Å². The fourth-order valence-corrected chi connectivity index (χ4v) is 2.13. The van der Waals surface area contributed by atoms with Crippen LogP contribution in [-0.2, 0) is 4.79 Å². The van der Waals surface area contributed by atoms with Gasteiger partial charge >= 0.3 is 5.97 Å². The molecule has 19 heavy (non-hydrogen) atoms. The minimum Gasteiger partial charge on any atom is -0.481 e. The van der Waals surface area contributed by atoms with E-state index in [0.717, 1.165) is 11.3 Å². The number of nitrogens with zero attached hydrogens (tertiary/aromatic N) is 1. The molecule has 0 fully saturated rings. The Balaban J connectivity index is 2.72. The summed E-state index contributed by atoms with van der Waals surface area (Å²) in [6.45, 7) is 8.35. The molecule has 2 N–H and O–H groups in total. The molecule has 1 aromatic heterocycles. The fourth-order valence-electron chi connectivity index (χ4n) is 2.13. The van der Waals surface area contributed by atoms with Crippen LogP contribution in [0.5, 0.6) is 0 Å². The maximum atomic E-state index is 11.4. The Morgan fingerprint density at radius 1 is 1.47 bits per heavy atom. The zero-order valence-corrected chi connectivity index (χ0v) is 12.2. The molecule has 4 heteroatoms. The predicted octanol–water partition coefficient (Wildman–Crippen LogP) is 2.93. The van der Waals surface area contributed by atoms with Gasteiger partial charge in [0.15, 0.2) is 0 Å². The summed E-state index contributed by atoms with van der Waals surface area (Å²) >= 11 is 0. The lowest BCUT2D eigenvalue weighted by atomic mass is 9.82. The first-order valence-electron chi connectivity index (χ1n) is 6.84. The molecule has 4 nitrogen and oxygen atoms in total. The highest BCUT2D eigenvalue weighted by atomic mass is 16.4. The maximum absolute atomic E-state index is 11.4. The number of aliphatic carboxylic acids is 1. The first-order chi connectivity index (χ1) is 8.95. The SMILES string of the molecule is CCC(CC)(CNC(C)c1cc(C)ccn1)C(=O)O.